The molecule has 2 amide bonds. The van der Waals surface area contributed by atoms with E-state index in [-0.39, 0.29) is 23.5 Å². The number of aryl methyl sites for hydroxylation is 1. The molecule has 0 fully saturated rings. The summed E-state index contributed by atoms with van der Waals surface area (Å²) in [4.78, 5) is 37.2. The molecule has 0 aliphatic carbocycles. The average Bonchev–Trinajstić information content (AvgIpc) is 2.71. The third-order valence-electron chi connectivity index (χ3n) is 5.48. The summed E-state index contributed by atoms with van der Waals surface area (Å²) in [6.07, 6.45) is 1.20. The van der Waals surface area contributed by atoms with Crippen LogP contribution >= 0.6 is 0 Å². The van der Waals surface area contributed by atoms with E-state index in [9.17, 15) is 23.9 Å². The highest BCUT2D eigenvalue weighted by atomic mass is 19.1. The highest BCUT2D eigenvalue weighted by Gasteiger charge is 2.28. The number of carbonyl (C=O) groups is 2. The molecule has 3 aromatic rings. The number of rotatable bonds is 4. The fourth-order valence-corrected chi connectivity index (χ4v) is 3.99. The van der Waals surface area contributed by atoms with Crippen LogP contribution in [-0.4, -0.2) is 21.5 Å². The number of halogens is 1. The maximum absolute atomic E-state index is 14.1. The summed E-state index contributed by atoms with van der Waals surface area (Å²) in [5.41, 5.74) is 6.19. The summed E-state index contributed by atoms with van der Waals surface area (Å²) in [7, 11) is 0. The Morgan fingerprint density at radius 3 is 2.80 bits per heavy atom. The van der Waals surface area contributed by atoms with E-state index in [4.69, 9.17) is 5.73 Å². The van der Waals surface area contributed by atoms with Gasteiger partial charge in [0.15, 0.2) is 0 Å². The van der Waals surface area contributed by atoms with E-state index in [1.165, 1.54) is 16.7 Å². The third-order valence-corrected chi connectivity index (χ3v) is 5.48. The number of amides is 2. The predicted molar refractivity (Wildman–Crippen MR) is 109 cm³/mol. The smallest absolute Gasteiger partial charge is 0.267 e. The van der Waals surface area contributed by atoms with Crippen LogP contribution in [0.1, 0.15) is 51.2 Å². The van der Waals surface area contributed by atoms with Gasteiger partial charge in [0.2, 0.25) is 5.91 Å². The van der Waals surface area contributed by atoms with Crippen LogP contribution in [0.4, 0.5) is 4.39 Å². The Morgan fingerprint density at radius 1 is 1.30 bits per heavy atom. The van der Waals surface area contributed by atoms with Crippen LogP contribution in [0.3, 0.4) is 0 Å². The van der Waals surface area contributed by atoms with Gasteiger partial charge in [-0.15, -0.1) is 0 Å². The van der Waals surface area contributed by atoms with E-state index in [2.05, 4.69) is 5.32 Å². The molecule has 154 valence electrons. The Labute approximate surface area is 170 Å². The molecular formula is C22H20FN3O4. The van der Waals surface area contributed by atoms with Crippen molar-refractivity contribution in [1.82, 2.24) is 9.88 Å². The summed E-state index contributed by atoms with van der Waals surface area (Å²) in [6.45, 7) is 1.86. The van der Waals surface area contributed by atoms with E-state index >= 15 is 0 Å². The Balaban J connectivity index is 1.76. The summed E-state index contributed by atoms with van der Waals surface area (Å²) >= 11 is 0. The lowest BCUT2D eigenvalue weighted by atomic mass is 9.95. The van der Waals surface area contributed by atoms with Gasteiger partial charge in [-0.05, 0) is 55.2 Å². The summed E-state index contributed by atoms with van der Waals surface area (Å²) in [5.74, 6) is -2.46. The van der Waals surface area contributed by atoms with Crippen molar-refractivity contribution in [3.63, 3.8) is 0 Å². The highest BCUT2D eigenvalue weighted by molar-refractivity contribution is 6.03. The van der Waals surface area contributed by atoms with Crippen LogP contribution in [0, 0.1) is 5.82 Å². The fourth-order valence-electron chi connectivity index (χ4n) is 3.99. The van der Waals surface area contributed by atoms with Crippen LogP contribution in [0.15, 0.2) is 41.2 Å². The number of primary amides is 1. The first kappa shape index (κ1) is 19.6. The van der Waals surface area contributed by atoms with Crippen LogP contribution < -0.4 is 16.6 Å². The van der Waals surface area contributed by atoms with Gasteiger partial charge < -0.3 is 20.7 Å². The number of aromatic hydroxyl groups is 1. The molecule has 1 unspecified atom stereocenters. The maximum atomic E-state index is 14.1. The summed E-state index contributed by atoms with van der Waals surface area (Å²) < 4.78 is 15.5. The lowest BCUT2D eigenvalue weighted by Gasteiger charge is -2.26. The van der Waals surface area contributed by atoms with Crippen molar-refractivity contribution in [1.29, 1.82) is 0 Å². The molecule has 2 heterocycles. The van der Waals surface area contributed by atoms with Crippen LogP contribution in [0.5, 0.6) is 5.75 Å². The Bertz CT molecular complexity index is 1270. The standard InChI is InChI=1S/C22H20FN3O4/c1-11-5-6-13-8-15(23)9-16-18(13)26(11)22(30)17(19(16)27)21(29)25-10-12-3-2-4-14(7-12)20(24)28/h2-4,7-9,11,27H,5-6,10H2,1H3,(H2,24,28)(H,25,29). The number of nitrogens with two attached hydrogens (primary N) is 1. The van der Waals surface area contributed by atoms with E-state index in [1.807, 2.05) is 6.92 Å². The van der Waals surface area contributed by atoms with Gasteiger partial charge in [-0.25, -0.2) is 4.39 Å². The van der Waals surface area contributed by atoms with Crippen molar-refractivity contribution in [3.8, 4) is 5.75 Å². The molecular weight excluding hydrogens is 389 g/mol. The number of hydrogen-bond acceptors (Lipinski definition) is 4. The lowest BCUT2D eigenvalue weighted by molar-refractivity contribution is 0.0945. The van der Waals surface area contributed by atoms with Crippen LogP contribution in [0.25, 0.3) is 10.9 Å². The average molecular weight is 409 g/mol. The first-order chi connectivity index (χ1) is 14.3. The maximum Gasteiger partial charge on any atom is 0.267 e. The third kappa shape index (κ3) is 3.20. The number of nitrogens with zero attached hydrogens (tertiary/aromatic N) is 1. The topological polar surface area (TPSA) is 114 Å². The quantitative estimate of drug-likeness (QED) is 0.614. The predicted octanol–water partition coefficient (Wildman–Crippen LogP) is 2.38. The number of carbonyl (C=O) groups excluding carboxylic acids is 2. The van der Waals surface area contributed by atoms with Gasteiger partial charge in [0, 0.05) is 23.5 Å². The molecule has 0 radical (unpaired) electrons. The van der Waals surface area contributed by atoms with Crippen molar-refractivity contribution in [2.75, 3.05) is 0 Å². The van der Waals surface area contributed by atoms with Gasteiger partial charge >= 0.3 is 0 Å². The van der Waals surface area contributed by atoms with Crippen LogP contribution in [-0.2, 0) is 13.0 Å². The zero-order valence-electron chi connectivity index (χ0n) is 16.2. The number of pyridine rings is 1. The Morgan fingerprint density at radius 2 is 2.07 bits per heavy atom. The number of hydrogen-bond donors (Lipinski definition) is 3. The molecule has 1 atom stereocenters. The molecule has 1 aliphatic rings. The minimum atomic E-state index is -0.781. The number of nitrogens with one attached hydrogen (secondary N) is 1. The summed E-state index contributed by atoms with van der Waals surface area (Å²) in [6, 6.07) is 8.69. The van der Waals surface area contributed by atoms with Crippen molar-refractivity contribution in [3.05, 3.63) is 74.8 Å². The molecule has 1 aromatic heterocycles. The SMILES string of the molecule is CC1CCc2cc(F)cc3c(O)c(C(=O)NCc4cccc(C(N)=O)c4)c(=O)n1c23. The van der Waals surface area contributed by atoms with Crippen LogP contribution in [0.2, 0.25) is 0 Å². The van der Waals surface area contributed by atoms with Crippen molar-refractivity contribution in [2.45, 2.75) is 32.4 Å². The van der Waals surface area contributed by atoms with Gasteiger partial charge in [-0.1, -0.05) is 12.1 Å². The summed E-state index contributed by atoms with van der Waals surface area (Å²) in [5, 5.41) is 13.4. The number of benzene rings is 2. The molecule has 8 heteroatoms. The number of aromatic nitrogens is 1. The molecule has 7 nitrogen and oxygen atoms in total. The zero-order valence-corrected chi connectivity index (χ0v) is 16.2. The first-order valence-corrected chi connectivity index (χ1v) is 9.54. The fraction of sp³-hybridized carbons (Fsp3) is 0.227. The molecule has 0 bridgehead atoms. The van der Waals surface area contributed by atoms with Crippen molar-refractivity contribution < 1.29 is 19.1 Å². The molecule has 1 aliphatic heterocycles. The molecule has 2 aromatic carbocycles. The second-order valence-corrected chi connectivity index (χ2v) is 7.49. The molecule has 0 saturated carbocycles. The zero-order chi connectivity index (χ0) is 21.6. The first-order valence-electron chi connectivity index (χ1n) is 9.54. The highest BCUT2D eigenvalue weighted by Crippen LogP contribution is 2.35. The minimum absolute atomic E-state index is 0.0147. The molecule has 0 saturated heterocycles. The minimum Gasteiger partial charge on any atom is -0.506 e. The second kappa shape index (κ2) is 7.29. The van der Waals surface area contributed by atoms with Gasteiger partial charge in [0.1, 0.15) is 17.1 Å². The van der Waals surface area contributed by atoms with Crippen molar-refractivity contribution >= 4 is 22.7 Å². The second-order valence-electron chi connectivity index (χ2n) is 7.49. The van der Waals surface area contributed by atoms with E-state index < -0.39 is 34.5 Å². The van der Waals surface area contributed by atoms with Gasteiger partial charge in [0.05, 0.1) is 5.52 Å². The lowest BCUT2D eigenvalue weighted by Crippen LogP contribution is -2.36. The van der Waals surface area contributed by atoms with Crippen molar-refractivity contribution in [2.24, 2.45) is 5.73 Å². The van der Waals surface area contributed by atoms with Gasteiger partial charge in [0.25, 0.3) is 11.5 Å². The van der Waals surface area contributed by atoms with Gasteiger partial charge in [-0.2, -0.15) is 0 Å². The normalized spacial score (nSPS) is 15.2. The van der Waals surface area contributed by atoms with E-state index in [0.29, 0.717) is 29.5 Å². The molecule has 0 spiro atoms. The molecule has 4 rings (SSSR count). The Kier molecular flexibility index (Phi) is 4.77. The molecule has 4 N–H and O–H groups in total. The van der Waals surface area contributed by atoms with E-state index in [1.54, 1.807) is 18.2 Å². The largest absolute Gasteiger partial charge is 0.506 e. The Hall–Kier alpha value is -3.68. The van der Waals surface area contributed by atoms with E-state index in [0.717, 1.165) is 6.07 Å². The van der Waals surface area contributed by atoms with Gasteiger partial charge in [-0.3, -0.25) is 14.4 Å². The monoisotopic (exact) mass is 409 g/mol. The molecule has 30 heavy (non-hydrogen) atoms.